The third kappa shape index (κ3) is 4.33. The number of pyridine rings is 1. The lowest BCUT2D eigenvalue weighted by atomic mass is 10.2. The monoisotopic (exact) mass is 374 g/mol. The van der Waals surface area contributed by atoms with Gasteiger partial charge in [0.2, 0.25) is 5.91 Å². The molecule has 25 heavy (non-hydrogen) atoms. The highest BCUT2D eigenvalue weighted by Gasteiger charge is 2.34. The van der Waals surface area contributed by atoms with Crippen LogP contribution < -0.4 is 15.6 Å². The molecule has 0 spiro atoms. The molecule has 134 valence electrons. The Bertz CT molecular complexity index is 863. The molecular weight excluding hydrogens is 361 g/mol. The van der Waals surface area contributed by atoms with E-state index in [1.54, 1.807) is 13.0 Å². The average molecular weight is 375 g/mol. The van der Waals surface area contributed by atoms with Crippen molar-refractivity contribution >= 4 is 23.2 Å². The highest BCUT2D eigenvalue weighted by Crippen LogP contribution is 2.31. The number of methoxy groups -OCH3 is 1. The van der Waals surface area contributed by atoms with E-state index in [4.69, 9.17) is 16.3 Å². The van der Waals surface area contributed by atoms with Crippen LogP contribution in [0.5, 0.6) is 5.75 Å². The molecule has 1 heterocycles. The van der Waals surface area contributed by atoms with Crippen molar-refractivity contribution in [1.29, 1.82) is 0 Å². The van der Waals surface area contributed by atoms with E-state index in [-0.39, 0.29) is 0 Å². The number of anilines is 1. The number of rotatable bonds is 4. The second kappa shape index (κ2) is 7.18. The van der Waals surface area contributed by atoms with Gasteiger partial charge in [-0.25, -0.2) is 0 Å². The Labute approximate surface area is 146 Å². The van der Waals surface area contributed by atoms with E-state index in [0.29, 0.717) is 32.7 Å². The van der Waals surface area contributed by atoms with Crippen molar-refractivity contribution in [3.63, 3.8) is 0 Å². The SMILES string of the molecule is COc1cc(Cl)c(C)cc1NC(=O)Cn1cccc(C(F)(F)F)c1=O. The highest BCUT2D eigenvalue weighted by atomic mass is 35.5. The van der Waals surface area contributed by atoms with Crippen LogP contribution in [0.3, 0.4) is 0 Å². The molecule has 0 radical (unpaired) electrons. The number of carbonyl (C=O) groups is 1. The van der Waals surface area contributed by atoms with Crippen molar-refractivity contribution in [3.05, 3.63) is 57.0 Å². The molecule has 1 aromatic heterocycles. The summed E-state index contributed by atoms with van der Waals surface area (Å²) in [6, 6.07) is 4.80. The second-order valence-corrected chi connectivity index (χ2v) is 5.61. The van der Waals surface area contributed by atoms with Crippen LogP contribution >= 0.6 is 11.6 Å². The molecule has 0 aliphatic rings. The van der Waals surface area contributed by atoms with Crippen LogP contribution in [0.1, 0.15) is 11.1 Å². The first-order chi connectivity index (χ1) is 11.6. The van der Waals surface area contributed by atoms with Crippen LogP contribution in [0, 0.1) is 6.92 Å². The number of amides is 1. The predicted octanol–water partition coefficient (Wildman–Crippen LogP) is 3.48. The molecule has 0 aliphatic carbocycles. The van der Waals surface area contributed by atoms with Crippen LogP contribution in [0.2, 0.25) is 5.02 Å². The van der Waals surface area contributed by atoms with Crippen LogP contribution in [0.15, 0.2) is 35.3 Å². The topological polar surface area (TPSA) is 60.3 Å². The van der Waals surface area contributed by atoms with E-state index in [9.17, 15) is 22.8 Å². The van der Waals surface area contributed by atoms with Gasteiger partial charge in [0.15, 0.2) is 0 Å². The number of nitrogens with one attached hydrogen (secondary N) is 1. The molecule has 5 nitrogen and oxygen atoms in total. The maximum Gasteiger partial charge on any atom is 0.421 e. The van der Waals surface area contributed by atoms with Gasteiger partial charge in [-0.05, 0) is 30.7 Å². The van der Waals surface area contributed by atoms with Gasteiger partial charge < -0.3 is 14.6 Å². The van der Waals surface area contributed by atoms with Gasteiger partial charge in [-0.15, -0.1) is 0 Å². The normalized spacial score (nSPS) is 11.3. The van der Waals surface area contributed by atoms with Gasteiger partial charge in [0.1, 0.15) is 17.9 Å². The summed E-state index contributed by atoms with van der Waals surface area (Å²) in [5.41, 5.74) is -1.64. The number of carbonyl (C=O) groups excluding carboxylic acids is 1. The fourth-order valence-corrected chi connectivity index (χ4v) is 2.31. The van der Waals surface area contributed by atoms with Crippen LogP contribution in [0.25, 0.3) is 0 Å². The lowest BCUT2D eigenvalue weighted by Gasteiger charge is -2.13. The summed E-state index contributed by atoms with van der Waals surface area (Å²) in [4.78, 5) is 24.0. The van der Waals surface area contributed by atoms with Crippen molar-refractivity contribution in [1.82, 2.24) is 4.57 Å². The fraction of sp³-hybridized carbons (Fsp3) is 0.250. The Balaban J connectivity index is 2.25. The number of nitrogens with zero attached hydrogens (tertiary/aromatic N) is 1. The molecule has 0 fully saturated rings. The molecule has 9 heteroatoms. The second-order valence-electron chi connectivity index (χ2n) is 5.20. The maximum absolute atomic E-state index is 12.8. The van der Waals surface area contributed by atoms with E-state index >= 15 is 0 Å². The van der Waals surface area contributed by atoms with Gasteiger partial charge in [-0.3, -0.25) is 9.59 Å². The van der Waals surface area contributed by atoms with Gasteiger partial charge in [0.25, 0.3) is 5.56 Å². The summed E-state index contributed by atoms with van der Waals surface area (Å²) in [6.45, 7) is 1.14. The van der Waals surface area contributed by atoms with E-state index in [0.717, 1.165) is 12.3 Å². The first kappa shape index (κ1) is 18.9. The van der Waals surface area contributed by atoms with Crippen molar-refractivity contribution in [3.8, 4) is 5.75 Å². The zero-order valence-corrected chi connectivity index (χ0v) is 14.0. The van der Waals surface area contributed by atoms with E-state index in [2.05, 4.69) is 5.32 Å². The zero-order valence-electron chi connectivity index (χ0n) is 13.3. The summed E-state index contributed by atoms with van der Waals surface area (Å²) in [5, 5.41) is 2.93. The molecule has 0 unspecified atom stereocenters. The Morgan fingerprint density at radius 1 is 1.36 bits per heavy atom. The Morgan fingerprint density at radius 2 is 2.04 bits per heavy atom. The molecule has 1 aromatic carbocycles. The van der Waals surface area contributed by atoms with Crippen molar-refractivity contribution < 1.29 is 22.7 Å². The number of aromatic nitrogens is 1. The highest BCUT2D eigenvalue weighted by molar-refractivity contribution is 6.31. The van der Waals surface area contributed by atoms with Crippen molar-refractivity contribution in [2.75, 3.05) is 12.4 Å². The smallest absolute Gasteiger partial charge is 0.421 e. The summed E-state index contributed by atoms with van der Waals surface area (Å²) in [6.07, 6.45) is -3.67. The van der Waals surface area contributed by atoms with Crippen LogP contribution in [-0.2, 0) is 17.5 Å². The number of alkyl halides is 3. The summed E-state index contributed by atoms with van der Waals surface area (Å²) < 4.78 is 44.0. The van der Waals surface area contributed by atoms with Gasteiger partial charge in [-0.1, -0.05) is 11.6 Å². The number of halogens is 4. The number of aryl methyl sites for hydroxylation is 1. The van der Waals surface area contributed by atoms with Gasteiger partial charge in [-0.2, -0.15) is 13.2 Å². The molecule has 2 aromatic rings. The van der Waals surface area contributed by atoms with Crippen LogP contribution in [0.4, 0.5) is 18.9 Å². The molecule has 0 saturated carbocycles. The molecule has 2 rings (SSSR count). The minimum absolute atomic E-state index is 0.292. The number of hydrogen-bond acceptors (Lipinski definition) is 3. The lowest BCUT2D eigenvalue weighted by molar-refractivity contribution is -0.139. The Kier molecular flexibility index (Phi) is 5.42. The standard InChI is InChI=1S/C16H14ClF3N2O3/c1-9-6-12(13(25-2)7-11(9)17)21-14(23)8-22-5-3-4-10(15(22)24)16(18,19)20/h3-7H,8H2,1-2H3,(H,21,23). The van der Waals surface area contributed by atoms with Gasteiger partial charge in [0.05, 0.1) is 12.8 Å². The zero-order chi connectivity index (χ0) is 18.8. The van der Waals surface area contributed by atoms with Crippen molar-refractivity contribution in [2.45, 2.75) is 19.6 Å². The minimum Gasteiger partial charge on any atom is -0.495 e. The molecule has 0 atom stereocenters. The first-order valence-corrected chi connectivity index (χ1v) is 7.42. The number of benzene rings is 1. The lowest BCUT2D eigenvalue weighted by Crippen LogP contribution is -2.32. The van der Waals surface area contributed by atoms with Crippen LogP contribution in [-0.4, -0.2) is 17.6 Å². The third-order valence-corrected chi connectivity index (χ3v) is 3.80. The van der Waals surface area contributed by atoms with E-state index < -0.39 is 29.8 Å². The van der Waals surface area contributed by atoms with Crippen molar-refractivity contribution in [2.24, 2.45) is 0 Å². The Hall–Kier alpha value is -2.48. The average Bonchev–Trinajstić information content (AvgIpc) is 2.51. The third-order valence-electron chi connectivity index (χ3n) is 3.39. The van der Waals surface area contributed by atoms with Gasteiger partial charge >= 0.3 is 6.18 Å². The molecule has 0 saturated heterocycles. The Morgan fingerprint density at radius 3 is 2.64 bits per heavy atom. The largest absolute Gasteiger partial charge is 0.495 e. The molecule has 1 N–H and O–H groups in total. The minimum atomic E-state index is -4.78. The molecular formula is C16H14ClF3N2O3. The maximum atomic E-state index is 12.8. The number of hydrogen-bond donors (Lipinski definition) is 1. The molecule has 0 bridgehead atoms. The quantitative estimate of drug-likeness (QED) is 0.891. The van der Waals surface area contributed by atoms with E-state index in [1.807, 2.05) is 0 Å². The summed E-state index contributed by atoms with van der Waals surface area (Å²) in [7, 11) is 1.38. The summed E-state index contributed by atoms with van der Waals surface area (Å²) >= 11 is 5.97. The fourth-order valence-electron chi connectivity index (χ4n) is 2.15. The van der Waals surface area contributed by atoms with Gasteiger partial charge in [0, 0.05) is 17.3 Å². The number of ether oxygens (including phenoxy) is 1. The molecule has 0 aliphatic heterocycles. The van der Waals surface area contributed by atoms with E-state index in [1.165, 1.54) is 13.2 Å². The summed E-state index contributed by atoms with van der Waals surface area (Å²) in [5.74, 6) is -0.387. The molecule has 1 amide bonds. The first-order valence-electron chi connectivity index (χ1n) is 7.04. The predicted molar refractivity (Wildman–Crippen MR) is 87.1 cm³/mol.